The normalized spacial score (nSPS) is 22.4. The summed E-state index contributed by atoms with van der Waals surface area (Å²) in [5.74, 6) is -0.489. The molecule has 0 amide bonds. The fraction of sp³-hybridized carbons (Fsp3) is 0.231. The first kappa shape index (κ1) is 11.5. The summed E-state index contributed by atoms with van der Waals surface area (Å²) in [6.45, 7) is -0.160. The molecule has 1 aromatic rings. The highest BCUT2D eigenvalue weighted by Gasteiger charge is 2.37. The standard InChI is InChI=1S/C13H10O4S/c14-5-7-6-18-13-9-4-2-1-3-8(9)10(15)11(16)12(13)17-7/h1-4,7,14H,5-6H2. The first-order valence-electron chi connectivity index (χ1n) is 5.55. The Hall–Kier alpha value is -1.59. The van der Waals surface area contributed by atoms with Crippen molar-refractivity contribution in [2.75, 3.05) is 12.4 Å². The van der Waals surface area contributed by atoms with Crippen LogP contribution < -0.4 is 0 Å². The van der Waals surface area contributed by atoms with Gasteiger partial charge in [-0.25, -0.2) is 0 Å². The maximum Gasteiger partial charge on any atom is 0.269 e. The summed E-state index contributed by atoms with van der Waals surface area (Å²) in [6.07, 6.45) is -0.421. The quantitative estimate of drug-likeness (QED) is 0.772. The molecule has 1 atom stereocenters. The lowest BCUT2D eigenvalue weighted by Gasteiger charge is -2.29. The lowest BCUT2D eigenvalue weighted by atomic mass is 9.94. The van der Waals surface area contributed by atoms with E-state index >= 15 is 0 Å². The van der Waals surface area contributed by atoms with Gasteiger partial charge in [0.15, 0.2) is 5.76 Å². The largest absolute Gasteiger partial charge is 0.482 e. The maximum absolute atomic E-state index is 12.0. The number of thioether (sulfide) groups is 1. The fourth-order valence-electron chi connectivity index (χ4n) is 2.05. The molecule has 92 valence electrons. The van der Waals surface area contributed by atoms with Crippen molar-refractivity contribution in [1.29, 1.82) is 0 Å². The number of rotatable bonds is 1. The molecule has 1 aliphatic carbocycles. The van der Waals surface area contributed by atoms with Gasteiger partial charge in [0.25, 0.3) is 5.78 Å². The van der Waals surface area contributed by atoms with Crippen LogP contribution in [-0.4, -0.2) is 35.1 Å². The van der Waals surface area contributed by atoms with Crippen LogP contribution in [0.25, 0.3) is 4.91 Å². The van der Waals surface area contributed by atoms with E-state index in [2.05, 4.69) is 0 Å². The van der Waals surface area contributed by atoms with Gasteiger partial charge in [-0.05, 0) is 0 Å². The van der Waals surface area contributed by atoms with E-state index in [1.54, 1.807) is 12.1 Å². The average Bonchev–Trinajstić information content (AvgIpc) is 2.44. The number of hydrogen-bond donors (Lipinski definition) is 1. The van der Waals surface area contributed by atoms with Crippen LogP contribution in [0.15, 0.2) is 30.0 Å². The number of allylic oxidation sites excluding steroid dienone is 1. The second kappa shape index (κ2) is 4.26. The molecule has 18 heavy (non-hydrogen) atoms. The summed E-state index contributed by atoms with van der Waals surface area (Å²) in [4.78, 5) is 24.6. The molecule has 5 heteroatoms. The zero-order valence-electron chi connectivity index (χ0n) is 9.38. The highest BCUT2D eigenvalue weighted by atomic mass is 32.2. The van der Waals surface area contributed by atoms with E-state index in [9.17, 15) is 9.59 Å². The van der Waals surface area contributed by atoms with Crippen LogP contribution in [0.2, 0.25) is 0 Å². The molecule has 2 aliphatic rings. The molecule has 0 radical (unpaired) electrons. The van der Waals surface area contributed by atoms with Crippen LogP contribution >= 0.6 is 11.8 Å². The van der Waals surface area contributed by atoms with Gasteiger partial charge < -0.3 is 9.84 Å². The van der Waals surface area contributed by atoms with Crippen LogP contribution in [0.5, 0.6) is 0 Å². The summed E-state index contributed by atoms with van der Waals surface area (Å²) in [5, 5.41) is 9.07. The highest BCUT2D eigenvalue weighted by Crippen LogP contribution is 2.41. The summed E-state index contributed by atoms with van der Waals surface area (Å²) < 4.78 is 5.42. The number of ether oxygens (including phenoxy) is 1. The molecule has 0 spiro atoms. The van der Waals surface area contributed by atoms with Gasteiger partial charge in [0, 0.05) is 16.9 Å². The Bertz CT molecular complexity index is 576. The molecule has 0 fully saturated rings. The predicted octanol–water partition coefficient (Wildman–Crippen LogP) is 1.24. The number of ketones is 2. The summed E-state index contributed by atoms with van der Waals surface area (Å²) in [6, 6.07) is 7.02. The molecule has 0 saturated heterocycles. The van der Waals surface area contributed by atoms with Crippen molar-refractivity contribution in [3.05, 3.63) is 41.2 Å². The van der Waals surface area contributed by atoms with E-state index < -0.39 is 17.7 Å². The molecule has 3 rings (SSSR count). The SMILES string of the molecule is O=C1C(=O)c2ccccc2C2=C1OC(CO)CS2. The molecule has 1 aliphatic heterocycles. The van der Waals surface area contributed by atoms with Gasteiger partial charge >= 0.3 is 0 Å². The smallest absolute Gasteiger partial charge is 0.269 e. The highest BCUT2D eigenvalue weighted by molar-refractivity contribution is 8.08. The lowest BCUT2D eigenvalue weighted by molar-refractivity contribution is -0.116. The maximum atomic E-state index is 12.0. The lowest BCUT2D eigenvalue weighted by Crippen LogP contribution is -2.32. The Labute approximate surface area is 108 Å². The van der Waals surface area contributed by atoms with Crippen molar-refractivity contribution in [3.8, 4) is 0 Å². The Morgan fingerprint density at radius 2 is 1.94 bits per heavy atom. The third kappa shape index (κ3) is 1.59. The van der Waals surface area contributed by atoms with Crippen molar-refractivity contribution < 1.29 is 19.4 Å². The van der Waals surface area contributed by atoms with Gasteiger partial charge in [-0.15, -0.1) is 11.8 Å². The van der Waals surface area contributed by atoms with E-state index in [0.717, 1.165) is 5.56 Å². The number of aliphatic hydroxyl groups is 1. The Morgan fingerprint density at radius 3 is 2.67 bits per heavy atom. The van der Waals surface area contributed by atoms with E-state index in [4.69, 9.17) is 9.84 Å². The van der Waals surface area contributed by atoms with Crippen molar-refractivity contribution in [2.45, 2.75) is 6.10 Å². The topological polar surface area (TPSA) is 63.6 Å². The van der Waals surface area contributed by atoms with E-state index in [1.165, 1.54) is 11.8 Å². The Kier molecular flexibility index (Phi) is 2.72. The number of Topliss-reactive ketones (excluding diaryl/α,β-unsaturated/α-hetero) is 2. The van der Waals surface area contributed by atoms with Gasteiger partial charge in [-0.1, -0.05) is 24.3 Å². The number of benzene rings is 1. The van der Waals surface area contributed by atoms with Crippen molar-refractivity contribution in [1.82, 2.24) is 0 Å². The van der Waals surface area contributed by atoms with Crippen LogP contribution in [0, 0.1) is 0 Å². The van der Waals surface area contributed by atoms with Gasteiger partial charge in [-0.3, -0.25) is 9.59 Å². The molecule has 4 nitrogen and oxygen atoms in total. The van der Waals surface area contributed by atoms with E-state index in [-0.39, 0.29) is 12.4 Å². The van der Waals surface area contributed by atoms with Crippen molar-refractivity contribution >= 4 is 28.2 Å². The first-order valence-corrected chi connectivity index (χ1v) is 6.54. The monoisotopic (exact) mass is 262 g/mol. The summed E-state index contributed by atoms with van der Waals surface area (Å²) in [7, 11) is 0. The molecule has 1 aromatic carbocycles. The van der Waals surface area contributed by atoms with Crippen LogP contribution in [-0.2, 0) is 9.53 Å². The van der Waals surface area contributed by atoms with Gasteiger partial charge in [-0.2, -0.15) is 0 Å². The second-order valence-corrected chi connectivity index (χ2v) is 5.13. The third-order valence-corrected chi connectivity index (χ3v) is 4.17. The number of carbonyl (C=O) groups excluding carboxylic acids is 2. The van der Waals surface area contributed by atoms with Gasteiger partial charge in [0.2, 0.25) is 5.78 Å². The third-order valence-electron chi connectivity index (χ3n) is 2.94. The molecule has 1 heterocycles. The van der Waals surface area contributed by atoms with Crippen LogP contribution in [0.3, 0.4) is 0 Å². The number of aliphatic hydroxyl groups excluding tert-OH is 1. The molecule has 0 bridgehead atoms. The number of carbonyl (C=O) groups is 2. The minimum absolute atomic E-state index is 0.0917. The zero-order valence-corrected chi connectivity index (χ0v) is 10.2. The number of hydrogen-bond acceptors (Lipinski definition) is 5. The molecule has 1 unspecified atom stereocenters. The van der Waals surface area contributed by atoms with Gasteiger partial charge in [0.1, 0.15) is 6.10 Å². The van der Waals surface area contributed by atoms with Crippen molar-refractivity contribution in [2.24, 2.45) is 0 Å². The molecular formula is C13H10O4S. The predicted molar refractivity (Wildman–Crippen MR) is 67.1 cm³/mol. The Morgan fingerprint density at radius 1 is 1.22 bits per heavy atom. The van der Waals surface area contributed by atoms with E-state index in [0.29, 0.717) is 16.2 Å². The van der Waals surface area contributed by atoms with Gasteiger partial charge in [0.05, 0.1) is 11.5 Å². The van der Waals surface area contributed by atoms with Crippen LogP contribution in [0.4, 0.5) is 0 Å². The summed E-state index contributed by atoms with van der Waals surface area (Å²) >= 11 is 1.45. The Balaban J connectivity index is 2.15. The molecule has 1 N–H and O–H groups in total. The average molecular weight is 262 g/mol. The summed E-state index contributed by atoms with van der Waals surface area (Å²) in [5.41, 5.74) is 1.18. The first-order chi connectivity index (χ1) is 8.72. The second-order valence-electron chi connectivity index (χ2n) is 4.10. The molecule has 0 saturated carbocycles. The molecule has 0 aromatic heterocycles. The van der Waals surface area contributed by atoms with Crippen molar-refractivity contribution in [3.63, 3.8) is 0 Å². The fourth-order valence-corrected chi connectivity index (χ4v) is 3.18. The van der Waals surface area contributed by atoms with E-state index in [1.807, 2.05) is 12.1 Å². The molecular weight excluding hydrogens is 252 g/mol. The minimum Gasteiger partial charge on any atom is -0.482 e. The van der Waals surface area contributed by atoms with Crippen LogP contribution in [0.1, 0.15) is 15.9 Å². The zero-order chi connectivity index (χ0) is 12.7. The minimum atomic E-state index is -0.616. The number of fused-ring (bicyclic) bond motifs is 2.